The van der Waals surface area contributed by atoms with Gasteiger partial charge in [-0.3, -0.25) is 9.46 Å². The van der Waals surface area contributed by atoms with Crippen LogP contribution in [0.25, 0.3) is 0 Å². The fourth-order valence-electron chi connectivity index (χ4n) is 0.622. The van der Waals surface area contributed by atoms with E-state index in [-0.39, 0.29) is 0 Å². The predicted octanol–water partition coefficient (Wildman–Crippen LogP) is 2.44. The molecule has 0 aromatic carbocycles. The summed E-state index contributed by atoms with van der Waals surface area (Å²) in [6.07, 6.45) is 2.61. The van der Waals surface area contributed by atoms with Crippen LogP contribution in [-0.4, -0.2) is 14.7 Å². The molecule has 0 saturated carbocycles. The Balaban J connectivity index is 4.71. The highest BCUT2D eigenvalue weighted by molar-refractivity contribution is 7.68. The zero-order valence-electron chi connectivity index (χ0n) is 8.96. The van der Waals surface area contributed by atoms with E-state index in [2.05, 4.69) is 8.62 Å². The lowest BCUT2D eigenvalue weighted by Gasteiger charge is -2.07. The lowest BCUT2D eigenvalue weighted by Crippen LogP contribution is -1.87. The number of hydrogen-bond acceptors (Lipinski definition) is 5. The van der Waals surface area contributed by atoms with Crippen LogP contribution in [0.5, 0.6) is 0 Å². The van der Waals surface area contributed by atoms with Crippen LogP contribution >= 0.6 is 23.7 Å². The van der Waals surface area contributed by atoms with Crippen molar-refractivity contribution in [2.75, 3.05) is 0 Å². The van der Waals surface area contributed by atoms with Gasteiger partial charge in [-0.25, -0.2) is 8.88 Å². The summed E-state index contributed by atoms with van der Waals surface area (Å²) in [6, 6.07) is 0. The van der Waals surface area contributed by atoms with Gasteiger partial charge in [0.2, 0.25) is 0 Å². The van der Waals surface area contributed by atoms with E-state index in [0.717, 1.165) is 11.6 Å². The fraction of sp³-hybridized carbons (Fsp3) is 0.333. The van der Waals surface area contributed by atoms with Gasteiger partial charge in [0.25, 0.3) is 0 Å². The van der Waals surface area contributed by atoms with Gasteiger partial charge in [-0.1, -0.05) is 17.7 Å². The Bertz CT molecular complexity index is 435. The monoisotopic (exact) mass is 305 g/mol. The summed E-state index contributed by atoms with van der Waals surface area (Å²) >= 11 is 0. The van der Waals surface area contributed by atoms with Crippen molar-refractivity contribution in [3.63, 3.8) is 0 Å². The molecule has 3 atom stereocenters. The lowest BCUT2D eigenvalue weighted by molar-refractivity contribution is 0.266. The normalized spacial score (nSPS) is 19.5. The highest BCUT2D eigenvalue weighted by Gasteiger charge is 2.40. The second kappa shape index (κ2) is 6.69. The summed E-state index contributed by atoms with van der Waals surface area (Å²) in [4.78, 5) is 26.1. The molecule has 3 unspecified atom stereocenters. The molecule has 98 valence electrons. The highest BCUT2D eigenvalue weighted by Crippen LogP contribution is 2.63. The van der Waals surface area contributed by atoms with Gasteiger partial charge in [0, 0.05) is 10.4 Å². The molecule has 0 heterocycles. The maximum Gasteiger partial charge on any atom is 0.705 e. The molecule has 0 aliphatic carbocycles. The molecule has 0 bridgehead atoms. The zero-order chi connectivity index (χ0) is 13.7. The van der Waals surface area contributed by atoms with Crippen molar-refractivity contribution in [3.05, 3.63) is 23.5 Å². The van der Waals surface area contributed by atoms with Crippen LogP contribution in [0, 0.1) is 0 Å². The molecular weight excluding hydrogens is 293 g/mol. The molecule has 0 saturated heterocycles. The third-order valence-electron chi connectivity index (χ3n) is 1.10. The molecule has 0 fully saturated rings. The second-order valence-electron chi connectivity index (χ2n) is 3.02. The van der Waals surface area contributed by atoms with E-state index >= 15 is 0 Å². The molecule has 0 aliphatic rings. The highest BCUT2D eigenvalue weighted by atomic mass is 31.3. The Hall–Kier alpha value is -0.160. The van der Waals surface area contributed by atoms with Crippen molar-refractivity contribution >= 4 is 23.7 Å². The van der Waals surface area contributed by atoms with E-state index in [1.165, 1.54) is 6.08 Å². The third-order valence-corrected chi connectivity index (χ3v) is 4.79. The van der Waals surface area contributed by atoms with Crippen molar-refractivity contribution in [3.8, 4) is 0 Å². The van der Waals surface area contributed by atoms with Gasteiger partial charge >= 0.3 is 23.7 Å². The lowest BCUT2D eigenvalue weighted by atomic mass is 10.3. The Morgan fingerprint density at radius 2 is 1.82 bits per heavy atom. The molecule has 3 N–H and O–H groups in total. The van der Waals surface area contributed by atoms with Crippen molar-refractivity contribution in [2.45, 2.75) is 13.8 Å². The van der Waals surface area contributed by atoms with Crippen LogP contribution in [0.15, 0.2) is 23.5 Å². The molecule has 0 aromatic heterocycles. The molecule has 0 aromatic rings. The first-order valence-electron chi connectivity index (χ1n) is 4.09. The smallest absolute Gasteiger partial charge is 0.321 e. The van der Waals surface area contributed by atoms with Crippen LogP contribution in [0.2, 0.25) is 0 Å². The van der Waals surface area contributed by atoms with E-state index in [1.807, 2.05) is 0 Å². The van der Waals surface area contributed by atoms with Crippen LogP contribution < -0.4 is 0 Å². The van der Waals surface area contributed by atoms with Crippen molar-refractivity contribution < 1.29 is 37.0 Å². The second-order valence-corrected chi connectivity index (χ2v) is 7.16. The van der Waals surface area contributed by atoms with Crippen molar-refractivity contribution in [2.24, 2.45) is 0 Å². The molecule has 0 rings (SSSR count). The SMILES string of the molecule is CC(C)=C/C=C/P(=O)(O)OP(=O)(O)O[P+](=O)O. The maximum atomic E-state index is 11.2. The summed E-state index contributed by atoms with van der Waals surface area (Å²) in [5.74, 6) is 0.649. The average molecular weight is 305 g/mol. The Kier molecular flexibility index (Phi) is 6.62. The minimum atomic E-state index is -5.05. The summed E-state index contributed by atoms with van der Waals surface area (Å²) in [7, 11) is -13.0. The van der Waals surface area contributed by atoms with Crippen LogP contribution in [0.1, 0.15) is 13.8 Å². The summed E-state index contributed by atoms with van der Waals surface area (Å²) < 4.78 is 39.7. The third kappa shape index (κ3) is 9.53. The first kappa shape index (κ1) is 16.8. The van der Waals surface area contributed by atoms with Crippen molar-refractivity contribution in [1.29, 1.82) is 0 Å². The molecule has 11 heteroatoms. The summed E-state index contributed by atoms with van der Waals surface area (Å²) in [5, 5.41) is 0. The van der Waals surface area contributed by atoms with Crippen molar-refractivity contribution in [1.82, 2.24) is 0 Å². The minimum absolute atomic E-state index is 0.649. The van der Waals surface area contributed by atoms with Gasteiger partial charge in [0.15, 0.2) is 0 Å². The molecule has 0 aliphatic heterocycles. The van der Waals surface area contributed by atoms with Crippen LogP contribution in [-0.2, 0) is 22.3 Å². The molecule has 17 heavy (non-hydrogen) atoms. The number of rotatable bonds is 6. The van der Waals surface area contributed by atoms with Crippen LogP contribution in [0.3, 0.4) is 0 Å². The van der Waals surface area contributed by atoms with E-state index in [1.54, 1.807) is 13.8 Å². The average Bonchev–Trinajstić information content (AvgIpc) is 1.95. The topological polar surface area (TPSA) is 130 Å². The van der Waals surface area contributed by atoms with E-state index in [0.29, 0.717) is 5.82 Å². The number of hydrogen-bond donors (Lipinski definition) is 3. The van der Waals surface area contributed by atoms with E-state index < -0.39 is 23.7 Å². The molecular formula is C6H12O8P3+. The first-order valence-corrected chi connectivity index (χ1v) is 8.36. The number of phosphoric acid groups is 1. The summed E-state index contributed by atoms with van der Waals surface area (Å²) in [6.45, 7) is 3.45. The van der Waals surface area contributed by atoms with Gasteiger partial charge in [0.05, 0.1) is 0 Å². The molecule has 8 nitrogen and oxygen atoms in total. The minimum Gasteiger partial charge on any atom is -0.321 e. The van der Waals surface area contributed by atoms with E-state index in [9.17, 15) is 13.7 Å². The Morgan fingerprint density at radius 3 is 2.24 bits per heavy atom. The summed E-state index contributed by atoms with van der Waals surface area (Å²) in [5.41, 5.74) is 0.822. The quantitative estimate of drug-likeness (QED) is 0.503. The van der Waals surface area contributed by atoms with Gasteiger partial charge in [-0.2, -0.15) is 0 Å². The maximum absolute atomic E-state index is 11.2. The fourth-order valence-corrected chi connectivity index (χ4v) is 3.42. The van der Waals surface area contributed by atoms with Gasteiger partial charge < -0.3 is 4.89 Å². The first-order chi connectivity index (χ1) is 7.54. The van der Waals surface area contributed by atoms with Crippen LogP contribution in [0.4, 0.5) is 0 Å². The predicted molar refractivity (Wildman–Crippen MR) is 60.2 cm³/mol. The number of allylic oxidation sites excluding steroid dienone is 3. The molecule has 0 spiro atoms. The Labute approximate surface area is 98.7 Å². The van der Waals surface area contributed by atoms with Gasteiger partial charge in [0.1, 0.15) is 0 Å². The van der Waals surface area contributed by atoms with Gasteiger partial charge in [-0.15, -0.1) is 4.89 Å². The van der Waals surface area contributed by atoms with Gasteiger partial charge in [-0.05, 0) is 18.2 Å². The standard InChI is InChI=1S/C6H11O8P3/c1-6(2)4-3-5-16(9,10)14-17(11,12)13-15(7)8/h3-5H,1-2H3,(H2-,7,8,9,10,11,12)/p+1/b5-3+. The molecule has 0 amide bonds. The Morgan fingerprint density at radius 1 is 1.29 bits per heavy atom. The van der Waals surface area contributed by atoms with E-state index in [4.69, 9.17) is 14.7 Å². The molecule has 0 radical (unpaired) electrons. The zero-order valence-corrected chi connectivity index (χ0v) is 11.6. The largest absolute Gasteiger partial charge is 0.705 e.